The van der Waals surface area contributed by atoms with Crippen molar-refractivity contribution in [1.29, 1.82) is 0 Å². The minimum Gasteiger partial charge on any atom is -0.338 e. The zero-order chi connectivity index (χ0) is 18.7. The number of urea groups is 1. The van der Waals surface area contributed by atoms with Crippen molar-refractivity contribution >= 4 is 15.9 Å². The first-order valence-corrected chi connectivity index (χ1v) is 11.3. The first-order valence-electron chi connectivity index (χ1n) is 9.44. The van der Waals surface area contributed by atoms with Gasteiger partial charge in [-0.3, -0.25) is 4.90 Å². The van der Waals surface area contributed by atoms with Gasteiger partial charge in [0.15, 0.2) is 9.84 Å². The van der Waals surface area contributed by atoms with Crippen molar-refractivity contribution in [2.24, 2.45) is 0 Å². The van der Waals surface area contributed by atoms with Crippen molar-refractivity contribution in [3.05, 3.63) is 35.4 Å². The van der Waals surface area contributed by atoms with Gasteiger partial charge in [-0.05, 0) is 24.5 Å². The van der Waals surface area contributed by atoms with Gasteiger partial charge in [-0.25, -0.2) is 13.2 Å². The van der Waals surface area contributed by atoms with Crippen LogP contribution in [0, 0.1) is 6.92 Å². The number of sulfone groups is 1. The summed E-state index contributed by atoms with van der Waals surface area (Å²) in [6.07, 6.45) is 1.95. The van der Waals surface area contributed by atoms with Gasteiger partial charge in [0.2, 0.25) is 0 Å². The van der Waals surface area contributed by atoms with Crippen LogP contribution < -0.4 is 5.32 Å². The van der Waals surface area contributed by atoms with E-state index in [1.54, 1.807) is 4.90 Å². The quantitative estimate of drug-likeness (QED) is 0.792. The third-order valence-corrected chi connectivity index (χ3v) is 7.19. The molecule has 0 saturated carbocycles. The van der Waals surface area contributed by atoms with Gasteiger partial charge in [0.1, 0.15) is 0 Å². The zero-order valence-corrected chi connectivity index (χ0v) is 16.5. The number of hydrogen-bond acceptors (Lipinski definition) is 4. The van der Waals surface area contributed by atoms with E-state index in [0.717, 1.165) is 19.4 Å². The Kier molecular flexibility index (Phi) is 5.87. The molecule has 26 heavy (non-hydrogen) atoms. The Morgan fingerprint density at radius 3 is 2.65 bits per heavy atom. The monoisotopic (exact) mass is 379 g/mol. The molecule has 7 heteroatoms. The van der Waals surface area contributed by atoms with Crippen LogP contribution >= 0.6 is 0 Å². The number of amides is 2. The molecule has 1 aromatic rings. The van der Waals surface area contributed by atoms with Crippen LogP contribution in [0.2, 0.25) is 0 Å². The van der Waals surface area contributed by atoms with Gasteiger partial charge < -0.3 is 10.2 Å². The van der Waals surface area contributed by atoms with Gasteiger partial charge >= 0.3 is 6.03 Å². The molecule has 2 heterocycles. The number of hydrogen-bond donors (Lipinski definition) is 1. The Labute approximate surface area is 156 Å². The van der Waals surface area contributed by atoms with Crippen molar-refractivity contribution in [2.75, 3.05) is 31.1 Å². The van der Waals surface area contributed by atoms with Crippen LogP contribution in [0.3, 0.4) is 0 Å². The van der Waals surface area contributed by atoms with Crippen molar-refractivity contribution in [1.82, 2.24) is 15.1 Å². The standard InChI is InChI=1S/C19H29N3O3S/c1-3-4-9-20-19(23)22-11-10-21(12-16-8-6-5-7-15(16)2)17-13-26(24,25)14-18(17)22/h5-8,17-18H,3-4,9-14H2,1-2H3,(H,20,23)/t17-,18+/m0/s1. The van der Waals surface area contributed by atoms with Gasteiger partial charge in [0.05, 0.1) is 17.5 Å². The van der Waals surface area contributed by atoms with E-state index in [9.17, 15) is 13.2 Å². The van der Waals surface area contributed by atoms with Gasteiger partial charge in [0.25, 0.3) is 0 Å². The Morgan fingerprint density at radius 2 is 1.92 bits per heavy atom. The van der Waals surface area contributed by atoms with Crippen LogP contribution in [0.4, 0.5) is 4.79 Å². The normalized spacial score (nSPS) is 25.1. The largest absolute Gasteiger partial charge is 0.338 e. The number of carbonyl (C=O) groups is 1. The molecule has 2 fully saturated rings. The fraction of sp³-hybridized carbons (Fsp3) is 0.632. The number of piperazine rings is 1. The van der Waals surface area contributed by atoms with E-state index in [1.165, 1.54) is 11.1 Å². The van der Waals surface area contributed by atoms with Gasteiger partial charge in [-0.2, -0.15) is 0 Å². The van der Waals surface area contributed by atoms with Crippen LogP contribution in [-0.4, -0.2) is 67.5 Å². The molecule has 6 nitrogen and oxygen atoms in total. The molecule has 0 bridgehead atoms. The average Bonchev–Trinajstić information content (AvgIpc) is 2.92. The highest BCUT2D eigenvalue weighted by Crippen LogP contribution is 2.28. The maximum atomic E-state index is 12.5. The van der Waals surface area contributed by atoms with E-state index in [-0.39, 0.29) is 29.6 Å². The van der Waals surface area contributed by atoms with E-state index in [1.807, 2.05) is 12.1 Å². The average molecular weight is 380 g/mol. The van der Waals surface area contributed by atoms with E-state index in [4.69, 9.17) is 0 Å². The van der Waals surface area contributed by atoms with E-state index >= 15 is 0 Å². The molecule has 2 aliphatic rings. The first kappa shape index (κ1) is 19.2. The van der Waals surface area contributed by atoms with Crippen LogP contribution in [0.15, 0.2) is 24.3 Å². The third kappa shape index (κ3) is 4.20. The molecule has 1 N–H and O–H groups in total. The molecule has 0 aliphatic carbocycles. The lowest BCUT2D eigenvalue weighted by Crippen LogP contribution is -2.62. The molecule has 2 aliphatic heterocycles. The molecule has 0 spiro atoms. The fourth-order valence-electron chi connectivity index (χ4n) is 3.95. The number of fused-ring (bicyclic) bond motifs is 1. The SMILES string of the molecule is CCCCNC(=O)N1CCN(Cc2ccccc2C)[C@H]2CS(=O)(=O)C[C@H]21. The van der Waals surface area contributed by atoms with Crippen LogP contribution in [0.1, 0.15) is 30.9 Å². The van der Waals surface area contributed by atoms with Crippen LogP contribution in [0.5, 0.6) is 0 Å². The summed E-state index contributed by atoms with van der Waals surface area (Å²) >= 11 is 0. The summed E-state index contributed by atoms with van der Waals surface area (Å²) in [6.45, 7) is 6.80. The minimum absolute atomic E-state index is 0.0726. The summed E-state index contributed by atoms with van der Waals surface area (Å²) in [5.41, 5.74) is 2.43. The molecule has 144 valence electrons. The highest BCUT2D eigenvalue weighted by Gasteiger charge is 2.47. The highest BCUT2D eigenvalue weighted by atomic mass is 32.2. The van der Waals surface area contributed by atoms with Crippen molar-refractivity contribution in [3.63, 3.8) is 0 Å². The van der Waals surface area contributed by atoms with Crippen LogP contribution in [0.25, 0.3) is 0 Å². The molecule has 2 atom stereocenters. The molecule has 0 radical (unpaired) electrons. The summed E-state index contributed by atoms with van der Waals surface area (Å²) in [5.74, 6) is 0.214. The number of unbranched alkanes of at least 4 members (excludes halogenated alkanes) is 1. The lowest BCUT2D eigenvalue weighted by molar-refractivity contribution is 0.0605. The Morgan fingerprint density at radius 1 is 1.19 bits per heavy atom. The Hall–Kier alpha value is -1.60. The molecule has 2 amide bonds. The highest BCUT2D eigenvalue weighted by molar-refractivity contribution is 7.91. The van der Waals surface area contributed by atoms with Crippen molar-refractivity contribution in [3.8, 4) is 0 Å². The summed E-state index contributed by atoms with van der Waals surface area (Å²) in [4.78, 5) is 16.5. The number of carbonyl (C=O) groups excluding carboxylic acids is 1. The number of rotatable bonds is 5. The number of nitrogens with zero attached hydrogens (tertiary/aromatic N) is 2. The second-order valence-electron chi connectivity index (χ2n) is 7.39. The topological polar surface area (TPSA) is 69.7 Å². The van der Waals surface area contributed by atoms with Gasteiger partial charge in [-0.15, -0.1) is 0 Å². The lowest BCUT2D eigenvalue weighted by atomic mass is 10.0. The fourth-order valence-corrected chi connectivity index (χ4v) is 5.97. The second kappa shape index (κ2) is 7.96. The third-order valence-electron chi connectivity index (χ3n) is 5.49. The first-order chi connectivity index (χ1) is 12.4. The molecule has 3 rings (SSSR count). The minimum atomic E-state index is -3.12. The van der Waals surface area contributed by atoms with E-state index in [0.29, 0.717) is 19.6 Å². The predicted molar refractivity (Wildman–Crippen MR) is 103 cm³/mol. The molecule has 2 saturated heterocycles. The number of aryl methyl sites for hydroxylation is 1. The summed E-state index contributed by atoms with van der Waals surface area (Å²) < 4.78 is 24.6. The Balaban J connectivity index is 1.74. The molecule has 0 aromatic heterocycles. The maximum absolute atomic E-state index is 12.5. The van der Waals surface area contributed by atoms with Crippen LogP contribution in [-0.2, 0) is 16.4 Å². The predicted octanol–water partition coefficient (Wildman–Crippen LogP) is 1.79. The number of benzene rings is 1. The number of nitrogens with one attached hydrogen (secondary N) is 1. The van der Waals surface area contributed by atoms with Gasteiger partial charge in [0, 0.05) is 32.2 Å². The molecule has 1 aromatic carbocycles. The smallest absolute Gasteiger partial charge is 0.317 e. The second-order valence-corrected chi connectivity index (χ2v) is 9.54. The summed E-state index contributed by atoms with van der Waals surface area (Å²) in [7, 11) is -3.12. The van der Waals surface area contributed by atoms with Crippen molar-refractivity contribution < 1.29 is 13.2 Å². The maximum Gasteiger partial charge on any atom is 0.317 e. The van der Waals surface area contributed by atoms with E-state index < -0.39 is 9.84 Å². The van der Waals surface area contributed by atoms with Gasteiger partial charge in [-0.1, -0.05) is 37.6 Å². The summed E-state index contributed by atoms with van der Waals surface area (Å²) in [5, 5.41) is 2.94. The molecular weight excluding hydrogens is 350 g/mol. The zero-order valence-electron chi connectivity index (χ0n) is 15.6. The Bertz CT molecular complexity index is 750. The summed E-state index contributed by atoms with van der Waals surface area (Å²) in [6, 6.07) is 7.71. The van der Waals surface area contributed by atoms with Crippen molar-refractivity contribution in [2.45, 2.75) is 45.3 Å². The molecular formula is C19H29N3O3S. The van der Waals surface area contributed by atoms with E-state index in [2.05, 4.69) is 36.2 Å². The lowest BCUT2D eigenvalue weighted by Gasteiger charge is -2.44. The molecule has 0 unspecified atom stereocenters.